The number of hydrogen-bond donors (Lipinski definition) is 0. The topological polar surface area (TPSA) is 17.1 Å². The average Bonchev–Trinajstić information content (AvgIpc) is 2.90. The van der Waals surface area contributed by atoms with Crippen LogP contribution in [-0.4, -0.2) is 5.78 Å². The fraction of sp³-hybridized carbons (Fsp3) is 0.818. The van der Waals surface area contributed by atoms with Gasteiger partial charge in [0, 0.05) is 12.3 Å². The van der Waals surface area contributed by atoms with E-state index in [1.165, 1.54) is 25.7 Å². The first-order valence-corrected chi connectivity index (χ1v) is 5.20. The van der Waals surface area contributed by atoms with Gasteiger partial charge >= 0.3 is 0 Å². The number of carbonyl (C=O) groups excluding carboxylic acids is 1. The van der Waals surface area contributed by atoms with Crippen molar-refractivity contribution in [3.8, 4) is 0 Å². The normalized spacial score (nSPS) is 25.7. The predicted octanol–water partition coefficient (Wildman–Crippen LogP) is 2.75. The molecule has 0 amide bonds. The van der Waals surface area contributed by atoms with E-state index >= 15 is 0 Å². The molecule has 12 heavy (non-hydrogen) atoms. The van der Waals surface area contributed by atoms with Gasteiger partial charge in [-0.25, -0.2) is 0 Å². The van der Waals surface area contributed by atoms with Crippen LogP contribution < -0.4 is 0 Å². The highest BCUT2D eigenvalue weighted by Gasteiger charge is 2.28. The van der Waals surface area contributed by atoms with Crippen LogP contribution in [0.5, 0.6) is 0 Å². The van der Waals surface area contributed by atoms with Crippen molar-refractivity contribution in [1.29, 1.82) is 0 Å². The molecule has 1 nitrogen and oxygen atoms in total. The average molecular weight is 165 g/mol. The molecule has 0 atom stereocenters. The van der Waals surface area contributed by atoms with Crippen LogP contribution >= 0.6 is 0 Å². The Morgan fingerprint density at radius 2 is 1.83 bits per heavy atom. The first-order chi connectivity index (χ1) is 5.86. The van der Waals surface area contributed by atoms with Gasteiger partial charge in [-0.3, -0.25) is 4.79 Å². The summed E-state index contributed by atoms with van der Waals surface area (Å²) in [6.45, 7) is 0. The van der Waals surface area contributed by atoms with Crippen molar-refractivity contribution in [3.63, 3.8) is 0 Å². The van der Waals surface area contributed by atoms with Gasteiger partial charge in [-0.2, -0.15) is 0 Å². The van der Waals surface area contributed by atoms with Crippen molar-refractivity contribution in [1.82, 2.24) is 0 Å². The Bertz CT molecular complexity index is 164. The van der Waals surface area contributed by atoms with Gasteiger partial charge in [-0.15, -0.1) is 0 Å². The van der Waals surface area contributed by atoms with Crippen LogP contribution in [0.15, 0.2) is 0 Å². The number of ketones is 1. The lowest BCUT2D eigenvalue weighted by molar-refractivity contribution is -0.123. The Kier molecular flexibility index (Phi) is 2.48. The van der Waals surface area contributed by atoms with E-state index in [4.69, 9.17) is 0 Å². The lowest BCUT2D eigenvalue weighted by Crippen LogP contribution is -2.18. The molecule has 2 aliphatic rings. The van der Waals surface area contributed by atoms with E-state index in [1.54, 1.807) is 0 Å². The number of Topliss-reactive ketones (excluding diaryl/α,β-unsaturated/α-hetero) is 1. The van der Waals surface area contributed by atoms with Gasteiger partial charge in [0.05, 0.1) is 0 Å². The molecule has 0 heterocycles. The van der Waals surface area contributed by atoms with E-state index in [0.717, 1.165) is 25.2 Å². The molecule has 0 unspecified atom stereocenters. The third kappa shape index (κ3) is 2.09. The van der Waals surface area contributed by atoms with Gasteiger partial charge < -0.3 is 0 Å². The first kappa shape index (κ1) is 8.28. The SMILES string of the molecule is O=C(CC1CC1)C1CC[CH]CC1. The number of carbonyl (C=O) groups is 1. The monoisotopic (exact) mass is 165 g/mol. The fourth-order valence-electron chi connectivity index (χ4n) is 2.02. The second-order valence-electron chi connectivity index (χ2n) is 4.25. The molecule has 0 aromatic carbocycles. The maximum Gasteiger partial charge on any atom is 0.136 e. The van der Waals surface area contributed by atoms with Crippen molar-refractivity contribution < 1.29 is 4.79 Å². The minimum atomic E-state index is 0.426. The van der Waals surface area contributed by atoms with Crippen molar-refractivity contribution >= 4 is 5.78 Å². The molecule has 1 heteroatoms. The van der Waals surface area contributed by atoms with Crippen LogP contribution in [0.2, 0.25) is 0 Å². The molecule has 2 aliphatic carbocycles. The lowest BCUT2D eigenvalue weighted by Gasteiger charge is -2.19. The summed E-state index contributed by atoms with van der Waals surface area (Å²) in [5.41, 5.74) is 0. The Labute approximate surface area is 74.5 Å². The maximum atomic E-state index is 11.6. The van der Waals surface area contributed by atoms with Crippen molar-refractivity contribution in [2.24, 2.45) is 11.8 Å². The van der Waals surface area contributed by atoms with Crippen LogP contribution in [0.3, 0.4) is 0 Å². The van der Waals surface area contributed by atoms with E-state index in [2.05, 4.69) is 6.42 Å². The molecule has 0 aromatic heterocycles. The van der Waals surface area contributed by atoms with Gasteiger partial charge in [0.25, 0.3) is 0 Å². The molecule has 67 valence electrons. The first-order valence-electron chi connectivity index (χ1n) is 5.20. The van der Waals surface area contributed by atoms with Crippen LogP contribution in [0.1, 0.15) is 44.9 Å². The van der Waals surface area contributed by atoms with Gasteiger partial charge in [0.1, 0.15) is 5.78 Å². The smallest absolute Gasteiger partial charge is 0.136 e. The summed E-state index contributed by atoms with van der Waals surface area (Å²) in [5.74, 6) is 1.77. The summed E-state index contributed by atoms with van der Waals surface area (Å²) in [6.07, 6.45) is 10.4. The molecular weight excluding hydrogens is 148 g/mol. The van der Waals surface area contributed by atoms with Gasteiger partial charge in [0.2, 0.25) is 0 Å². The zero-order valence-corrected chi connectivity index (χ0v) is 7.59. The molecule has 0 saturated heterocycles. The third-order valence-electron chi connectivity index (χ3n) is 3.08. The minimum absolute atomic E-state index is 0.426. The molecule has 0 aromatic rings. The third-order valence-corrected chi connectivity index (χ3v) is 3.08. The van der Waals surface area contributed by atoms with Crippen LogP contribution in [-0.2, 0) is 4.79 Å². The molecule has 0 spiro atoms. The summed E-state index contributed by atoms with van der Waals surface area (Å²) in [4.78, 5) is 11.6. The van der Waals surface area contributed by atoms with Crippen molar-refractivity contribution in [2.45, 2.75) is 44.9 Å². The van der Waals surface area contributed by atoms with Gasteiger partial charge in [-0.1, -0.05) is 0 Å². The van der Waals surface area contributed by atoms with E-state index in [0.29, 0.717) is 11.7 Å². The summed E-state index contributed by atoms with van der Waals surface area (Å²) in [6, 6.07) is 0. The van der Waals surface area contributed by atoms with Crippen molar-refractivity contribution in [2.75, 3.05) is 0 Å². The molecule has 0 bridgehead atoms. The zero-order valence-electron chi connectivity index (χ0n) is 7.59. The largest absolute Gasteiger partial charge is 0.299 e. The molecular formula is C11H17O. The van der Waals surface area contributed by atoms with Crippen molar-refractivity contribution in [3.05, 3.63) is 6.42 Å². The summed E-state index contributed by atoms with van der Waals surface area (Å²) >= 11 is 0. The number of hydrogen-bond acceptors (Lipinski definition) is 1. The van der Waals surface area contributed by atoms with E-state index < -0.39 is 0 Å². The molecule has 2 rings (SSSR count). The van der Waals surface area contributed by atoms with E-state index in [1.807, 2.05) is 0 Å². The standard InChI is InChI=1S/C11H17O/c12-11(8-9-6-7-9)10-4-2-1-3-5-10/h1,9-10H,2-8H2. The Morgan fingerprint density at radius 3 is 2.42 bits per heavy atom. The van der Waals surface area contributed by atoms with Gasteiger partial charge in [0.15, 0.2) is 0 Å². The fourth-order valence-corrected chi connectivity index (χ4v) is 2.02. The molecule has 1 radical (unpaired) electrons. The summed E-state index contributed by atoms with van der Waals surface area (Å²) < 4.78 is 0. The van der Waals surface area contributed by atoms with E-state index in [-0.39, 0.29) is 0 Å². The second-order valence-corrected chi connectivity index (χ2v) is 4.25. The molecule has 2 fully saturated rings. The van der Waals surface area contributed by atoms with Crippen LogP contribution in [0.25, 0.3) is 0 Å². The second kappa shape index (κ2) is 3.59. The van der Waals surface area contributed by atoms with E-state index in [9.17, 15) is 4.79 Å². The van der Waals surface area contributed by atoms with Crippen LogP contribution in [0, 0.1) is 18.3 Å². The summed E-state index contributed by atoms with van der Waals surface area (Å²) in [5, 5.41) is 0. The number of rotatable bonds is 3. The highest BCUT2D eigenvalue weighted by atomic mass is 16.1. The summed E-state index contributed by atoms with van der Waals surface area (Å²) in [7, 11) is 0. The highest BCUT2D eigenvalue weighted by molar-refractivity contribution is 5.81. The lowest BCUT2D eigenvalue weighted by atomic mass is 9.84. The Morgan fingerprint density at radius 1 is 1.17 bits per heavy atom. The molecule has 0 N–H and O–H groups in total. The highest BCUT2D eigenvalue weighted by Crippen LogP contribution is 2.35. The predicted molar refractivity (Wildman–Crippen MR) is 48.6 cm³/mol. The minimum Gasteiger partial charge on any atom is -0.299 e. The molecule has 0 aliphatic heterocycles. The Balaban J connectivity index is 1.76. The maximum absolute atomic E-state index is 11.6. The quantitative estimate of drug-likeness (QED) is 0.628. The van der Waals surface area contributed by atoms with Crippen LogP contribution in [0.4, 0.5) is 0 Å². The molecule has 2 saturated carbocycles. The Hall–Kier alpha value is -0.330. The van der Waals surface area contributed by atoms with Gasteiger partial charge in [-0.05, 0) is 50.9 Å². The zero-order chi connectivity index (χ0) is 8.39.